The standard InChI is InChI=1S/C24H30O10S3/c1-3-5-7-9-23(25)33-36(29,30)21-15-11-19(12-16-21)35(27,28)20-13-17-22(18-14-20)37(31,32)34-24(26)10-8-6-4-2/h11-18H,3-10H2,1-2H3. The van der Waals surface area contributed by atoms with Gasteiger partial charge in [-0.15, -0.1) is 0 Å². The summed E-state index contributed by atoms with van der Waals surface area (Å²) in [6, 6.07) is 8.14. The molecule has 2 aromatic carbocycles. The van der Waals surface area contributed by atoms with Gasteiger partial charge in [-0.3, -0.25) is 9.59 Å². The molecule has 0 fully saturated rings. The molecule has 0 unspecified atom stereocenters. The fourth-order valence-electron chi connectivity index (χ4n) is 3.17. The fourth-order valence-corrected chi connectivity index (χ4v) is 6.22. The molecule has 0 amide bonds. The Balaban J connectivity index is 2.15. The van der Waals surface area contributed by atoms with Crippen LogP contribution in [0.1, 0.15) is 65.2 Å². The molecule has 37 heavy (non-hydrogen) atoms. The largest absolute Gasteiger partial charge is 0.342 e. The smallest absolute Gasteiger partial charge is 0.341 e. The van der Waals surface area contributed by atoms with Crippen LogP contribution in [0, 0.1) is 0 Å². The molecule has 0 N–H and O–H groups in total. The second-order valence-electron chi connectivity index (χ2n) is 8.18. The molecule has 0 saturated carbocycles. The van der Waals surface area contributed by atoms with E-state index in [4.69, 9.17) is 0 Å². The number of unbranched alkanes of at least 4 members (excludes halogenated alkanes) is 4. The first-order valence-corrected chi connectivity index (χ1v) is 16.0. The molecule has 10 nitrogen and oxygen atoms in total. The summed E-state index contributed by atoms with van der Waals surface area (Å²) in [4.78, 5) is 22.2. The zero-order chi connectivity index (χ0) is 27.7. The maximum absolute atomic E-state index is 12.9. The first-order chi connectivity index (χ1) is 17.3. The fraction of sp³-hybridized carbons (Fsp3) is 0.417. The van der Waals surface area contributed by atoms with E-state index < -0.39 is 51.8 Å². The number of hydrogen-bond donors (Lipinski definition) is 0. The summed E-state index contributed by atoms with van der Waals surface area (Å²) in [5, 5.41) is 0. The third-order valence-electron chi connectivity index (χ3n) is 5.22. The van der Waals surface area contributed by atoms with E-state index in [2.05, 4.69) is 8.37 Å². The van der Waals surface area contributed by atoms with E-state index in [9.17, 15) is 34.8 Å². The summed E-state index contributed by atoms with van der Waals surface area (Å²) in [5.74, 6) is -1.79. The molecule has 0 aliphatic rings. The van der Waals surface area contributed by atoms with E-state index in [0.717, 1.165) is 74.2 Å². The van der Waals surface area contributed by atoms with E-state index in [-0.39, 0.29) is 22.6 Å². The van der Waals surface area contributed by atoms with Crippen molar-refractivity contribution in [3.8, 4) is 0 Å². The highest BCUT2D eigenvalue weighted by atomic mass is 32.2. The zero-order valence-electron chi connectivity index (χ0n) is 20.6. The van der Waals surface area contributed by atoms with Gasteiger partial charge in [-0.2, -0.15) is 16.8 Å². The van der Waals surface area contributed by atoms with Crippen LogP contribution < -0.4 is 0 Å². The highest BCUT2D eigenvalue weighted by Crippen LogP contribution is 2.25. The minimum absolute atomic E-state index is 0.0523. The van der Waals surface area contributed by atoms with Crippen LogP contribution in [-0.4, -0.2) is 37.2 Å². The van der Waals surface area contributed by atoms with Crippen molar-refractivity contribution in [2.45, 2.75) is 84.8 Å². The van der Waals surface area contributed by atoms with Crippen molar-refractivity contribution in [1.82, 2.24) is 0 Å². The van der Waals surface area contributed by atoms with Crippen LogP contribution in [0.5, 0.6) is 0 Å². The Morgan fingerprint density at radius 3 is 1.14 bits per heavy atom. The van der Waals surface area contributed by atoms with Gasteiger partial charge in [0.15, 0.2) is 0 Å². The topological polar surface area (TPSA) is 155 Å². The number of sulfone groups is 1. The molecule has 0 atom stereocenters. The first kappa shape index (κ1) is 30.5. The molecular weight excluding hydrogens is 544 g/mol. The molecule has 0 spiro atoms. The molecule has 0 aliphatic carbocycles. The summed E-state index contributed by atoms with van der Waals surface area (Å²) >= 11 is 0. The number of rotatable bonds is 14. The Kier molecular flexibility index (Phi) is 10.8. The highest BCUT2D eigenvalue weighted by Gasteiger charge is 2.25. The van der Waals surface area contributed by atoms with Gasteiger partial charge in [0.2, 0.25) is 9.84 Å². The van der Waals surface area contributed by atoms with Crippen LogP contribution >= 0.6 is 0 Å². The summed E-state index contributed by atoms with van der Waals surface area (Å²) in [7, 11) is -13.0. The Bertz CT molecular complexity index is 1290. The minimum Gasteiger partial charge on any atom is -0.342 e. The molecule has 204 valence electrons. The van der Waals surface area contributed by atoms with Gasteiger partial charge >= 0.3 is 32.2 Å². The van der Waals surface area contributed by atoms with Crippen LogP contribution in [-0.2, 0) is 48.0 Å². The first-order valence-electron chi connectivity index (χ1n) is 11.7. The van der Waals surface area contributed by atoms with Crippen molar-refractivity contribution < 1.29 is 43.2 Å². The second-order valence-corrected chi connectivity index (χ2v) is 13.2. The molecule has 0 aliphatic heterocycles. The number of hydrogen-bond acceptors (Lipinski definition) is 10. The average Bonchev–Trinajstić information content (AvgIpc) is 2.84. The lowest BCUT2D eigenvalue weighted by Gasteiger charge is -2.09. The lowest BCUT2D eigenvalue weighted by Crippen LogP contribution is -2.14. The second kappa shape index (κ2) is 13.2. The van der Waals surface area contributed by atoms with Crippen LogP contribution in [0.15, 0.2) is 68.1 Å². The summed E-state index contributed by atoms with van der Waals surface area (Å²) in [6.45, 7) is 3.86. The van der Waals surface area contributed by atoms with Gasteiger partial charge < -0.3 is 8.37 Å². The van der Waals surface area contributed by atoms with Gasteiger partial charge in [0.1, 0.15) is 9.79 Å². The molecule has 13 heteroatoms. The molecular formula is C24H30O10S3. The lowest BCUT2D eigenvalue weighted by atomic mass is 10.2. The third-order valence-corrected chi connectivity index (χ3v) is 9.51. The molecule has 0 aromatic heterocycles. The van der Waals surface area contributed by atoms with E-state index in [1.54, 1.807) is 0 Å². The number of carbonyl (C=O) groups is 2. The predicted octanol–water partition coefficient (Wildman–Crippen LogP) is 4.14. The van der Waals surface area contributed by atoms with E-state index in [0.29, 0.717) is 12.8 Å². The molecule has 0 heterocycles. The Hall–Kier alpha value is -2.77. The normalized spacial score (nSPS) is 12.2. The van der Waals surface area contributed by atoms with E-state index in [1.165, 1.54) is 0 Å². The molecule has 0 bridgehead atoms. The molecule has 2 aromatic rings. The SMILES string of the molecule is CCCCCC(=O)OS(=O)(=O)c1ccc(S(=O)(=O)c2ccc(S(=O)(=O)OC(=O)CCCCC)cc2)cc1. The van der Waals surface area contributed by atoms with Crippen molar-refractivity contribution in [2.75, 3.05) is 0 Å². The van der Waals surface area contributed by atoms with Crippen molar-refractivity contribution in [3.63, 3.8) is 0 Å². The Morgan fingerprint density at radius 1 is 0.541 bits per heavy atom. The van der Waals surface area contributed by atoms with Gasteiger partial charge in [0, 0.05) is 12.8 Å². The van der Waals surface area contributed by atoms with Crippen molar-refractivity contribution in [3.05, 3.63) is 48.5 Å². The van der Waals surface area contributed by atoms with Gasteiger partial charge in [0.05, 0.1) is 9.79 Å². The quantitative estimate of drug-likeness (QED) is 0.237. The predicted molar refractivity (Wildman–Crippen MR) is 133 cm³/mol. The average molecular weight is 575 g/mol. The molecule has 0 radical (unpaired) electrons. The summed E-state index contributed by atoms with van der Waals surface area (Å²) < 4.78 is 84.2. The summed E-state index contributed by atoms with van der Waals surface area (Å²) in [5.41, 5.74) is 0. The van der Waals surface area contributed by atoms with E-state index in [1.807, 2.05) is 13.8 Å². The van der Waals surface area contributed by atoms with Crippen molar-refractivity contribution in [2.24, 2.45) is 0 Å². The highest BCUT2D eigenvalue weighted by molar-refractivity contribution is 7.91. The Labute approximate surface area is 218 Å². The van der Waals surface area contributed by atoms with Crippen LogP contribution in [0.3, 0.4) is 0 Å². The van der Waals surface area contributed by atoms with Gasteiger partial charge in [-0.1, -0.05) is 39.5 Å². The van der Waals surface area contributed by atoms with Gasteiger partial charge in [0.25, 0.3) is 0 Å². The van der Waals surface area contributed by atoms with Crippen molar-refractivity contribution in [1.29, 1.82) is 0 Å². The minimum atomic E-state index is -4.42. The maximum atomic E-state index is 12.9. The lowest BCUT2D eigenvalue weighted by molar-refractivity contribution is -0.135. The monoisotopic (exact) mass is 574 g/mol. The number of carbonyl (C=O) groups excluding carboxylic acids is 2. The Morgan fingerprint density at radius 2 is 0.838 bits per heavy atom. The van der Waals surface area contributed by atoms with Crippen LogP contribution in [0.2, 0.25) is 0 Å². The summed E-state index contributed by atoms with van der Waals surface area (Å²) in [6.07, 6.45) is 4.07. The molecule has 2 rings (SSSR count). The molecule has 0 saturated heterocycles. The van der Waals surface area contributed by atoms with Gasteiger partial charge in [-0.05, 0) is 61.4 Å². The van der Waals surface area contributed by atoms with E-state index >= 15 is 0 Å². The maximum Gasteiger partial charge on any atom is 0.341 e. The van der Waals surface area contributed by atoms with Crippen molar-refractivity contribution >= 4 is 42.0 Å². The number of benzene rings is 2. The van der Waals surface area contributed by atoms with Crippen LogP contribution in [0.4, 0.5) is 0 Å². The third kappa shape index (κ3) is 8.64. The zero-order valence-corrected chi connectivity index (χ0v) is 23.0. The van der Waals surface area contributed by atoms with Crippen LogP contribution in [0.25, 0.3) is 0 Å². The van der Waals surface area contributed by atoms with Gasteiger partial charge in [-0.25, -0.2) is 8.42 Å².